The first kappa shape index (κ1) is 13.9. The van der Waals surface area contributed by atoms with Crippen molar-refractivity contribution < 1.29 is 0 Å². The molecule has 0 atom stereocenters. The maximum absolute atomic E-state index is 4.18. The maximum atomic E-state index is 4.18. The van der Waals surface area contributed by atoms with Gasteiger partial charge < -0.3 is 5.32 Å². The Bertz CT molecular complexity index is 367. The van der Waals surface area contributed by atoms with E-state index in [1.165, 1.54) is 16.7 Å². The monoisotopic (exact) mass is 232 g/mol. The molecule has 0 aliphatic carbocycles. The summed E-state index contributed by atoms with van der Waals surface area (Å²) >= 11 is 0. The lowest BCUT2D eigenvalue weighted by Crippen LogP contribution is -2.20. The van der Waals surface area contributed by atoms with Crippen LogP contribution in [0.15, 0.2) is 24.5 Å². The molecule has 1 N–H and O–H groups in total. The number of allylic oxidation sites excluding steroid dienone is 1. The Kier molecular flexibility index (Phi) is 5.92. The van der Waals surface area contributed by atoms with Crippen molar-refractivity contribution in [3.63, 3.8) is 0 Å². The lowest BCUT2D eigenvalue weighted by atomic mass is 10.0. The summed E-state index contributed by atoms with van der Waals surface area (Å²) in [6, 6.07) is 2.06. The molecule has 1 aromatic heterocycles. The van der Waals surface area contributed by atoms with E-state index in [9.17, 15) is 0 Å². The van der Waals surface area contributed by atoms with Crippen molar-refractivity contribution in [2.24, 2.45) is 5.92 Å². The van der Waals surface area contributed by atoms with E-state index in [1.807, 2.05) is 12.4 Å². The molecule has 0 unspecified atom stereocenters. The zero-order valence-corrected chi connectivity index (χ0v) is 11.5. The van der Waals surface area contributed by atoms with Gasteiger partial charge >= 0.3 is 0 Å². The van der Waals surface area contributed by atoms with Crippen LogP contribution >= 0.6 is 0 Å². The van der Waals surface area contributed by atoms with Gasteiger partial charge in [0.05, 0.1) is 0 Å². The highest BCUT2D eigenvalue weighted by molar-refractivity contribution is 5.65. The number of nitrogens with one attached hydrogen (secondary N) is 1. The first-order valence-corrected chi connectivity index (χ1v) is 6.39. The van der Waals surface area contributed by atoms with Gasteiger partial charge in [-0.25, -0.2) is 0 Å². The molecule has 0 amide bonds. The molecular weight excluding hydrogens is 208 g/mol. The predicted octanol–water partition coefficient (Wildman–Crippen LogP) is 3.43. The second-order valence-corrected chi connectivity index (χ2v) is 4.96. The Balaban J connectivity index is 2.42. The minimum atomic E-state index is 0.723. The van der Waals surface area contributed by atoms with Crippen LogP contribution < -0.4 is 5.32 Å². The average molecular weight is 232 g/mol. The first-order chi connectivity index (χ1) is 8.11. The summed E-state index contributed by atoms with van der Waals surface area (Å²) in [6.07, 6.45) is 7.16. The van der Waals surface area contributed by atoms with Crippen LogP contribution in [0.2, 0.25) is 0 Å². The second-order valence-electron chi connectivity index (χ2n) is 4.96. The van der Waals surface area contributed by atoms with E-state index in [4.69, 9.17) is 0 Å². The summed E-state index contributed by atoms with van der Waals surface area (Å²) in [7, 11) is 0. The molecule has 0 aromatic carbocycles. The molecule has 0 spiro atoms. The molecule has 2 heteroatoms. The van der Waals surface area contributed by atoms with Crippen molar-refractivity contribution in [1.29, 1.82) is 0 Å². The van der Waals surface area contributed by atoms with E-state index in [0.717, 1.165) is 25.4 Å². The van der Waals surface area contributed by atoms with E-state index < -0.39 is 0 Å². The highest BCUT2D eigenvalue weighted by Gasteiger charge is 1.99. The number of hydrogen-bond donors (Lipinski definition) is 1. The Morgan fingerprint density at radius 3 is 2.88 bits per heavy atom. The normalized spacial score (nSPS) is 12.2. The predicted molar refractivity (Wildman–Crippen MR) is 74.9 cm³/mol. The number of aryl methyl sites for hydroxylation is 1. The summed E-state index contributed by atoms with van der Waals surface area (Å²) in [5, 5.41) is 3.45. The number of aromatic nitrogens is 1. The molecule has 17 heavy (non-hydrogen) atoms. The maximum Gasteiger partial charge on any atom is 0.0345 e. The minimum absolute atomic E-state index is 0.723. The van der Waals surface area contributed by atoms with Crippen molar-refractivity contribution in [3.05, 3.63) is 35.7 Å². The van der Waals surface area contributed by atoms with Crippen molar-refractivity contribution in [2.45, 2.75) is 34.1 Å². The van der Waals surface area contributed by atoms with Gasteiger partial charge in [0.2, 0.25) is 0 Å². The number of pyridine rings is 1. The largest absolute Gasteiger partial charge is 0.316 e. The molecule has 0 saturated carbocycles. The van der Waals surface area contributed by atoms with Gasteiger partial charge in [-0.05, 0) is 62.0 Å². The van der Waals surface area contributed by atoms with E-state index in [1.54, 1.807) is 0 Å². The van der Waals surface area contributed by atoms with Crippen LogP contribution in [0.3, 0.4) is 0 Å². The van der Waals surface area contributed by atoms with Crippen LogP contribution in [0.25, 0.3) is 5.57 Å². The van der Waals surface area contributed by atoms with E-state index in [-0.39, 0.29) is 0 Å². The van der Waals surface area contributed by atoms with E-state index in [0.29, 0.717) is 0 Å². The summed E-state index contributed by atoms with van der Waals surface area (Å²) in [4.78, 5) is 4.18. The molecule has 0 aliphatic heterocycles. The number of hydrogen-bond acceptors (Lipinski definition) is 2. The fraction of sp³-hybridized carbons (Fsp3) is 0.533. The highest BCUT2D eigenvalue weighted by atomic mass is 14.8. The highest BCUT2D eigenvalue weighted by Crippen LogP contribution is 2.16. The van der Waals surface area contributed by atoms with E-state index >= 15 is 0 Å². The molecule has 0 fully saturated rings. The summed E-state index contributed by atoms with van der Waals surface area (Å²) in [5.41, 5.74) is 3.88. The van der Waals surface area contributed by atoms with Gasteiger partial charge in [0.25, 0.3) is 0 Å². The van der Waals surface area contributed by atoms with Crippen LogP contribution in [0.1, 0.15) is 38.3 Å². The smallest absolute Gasteiger partial charge is 0.0345 e. The quantitative estimate of drug-likeness (QED) is 0.760. The Morgan fingerprint density at radius 1 is 1.47 bits per heavy atom. The van der Waals surface area contributed by atoms with Crippen molar-refractivity contribution in [1.82, 2.24) is 10.3 Å². The standard InChI is InChI=1S/C15H24N2/c1-12(2)10-16-8-5-6-13(3)15-11-17-9-7-14(15)4/h6-7,9,11-12,16H,5,8,10H2,1-4H3. The van der Waals surface area contributed by atoms with Gasteiger partial charge in [-0.15, -0.1) is 0 Å². The lowest BCUT2D eigenvalue weighted by Gasteiger charge is -2.07. The van der Waals surface area contributed by atoms with Gasteiger partial charge in [0.1, 0.15) is 0 Å². The number of nitrogens with zero attached hydrogens (tertiary/aromatic N) is 1. The molecule has 0 radical (unpaired) electrons. The van der Waals surface area contributed by atoms with Gasteiger partial charge in [-0.2, -0.15) is 0 Å². The summed E-state index contributed by atoms with van der Waals surface area (Å²) in [5.74, 6) is 0.723. The van der Waals surface area contributed by atoms with Crippen LogP contribution in [0.4, 0.5) is 0 Å². The zero-order chi connectivity index (χ0) is 12.7. The molecular formula is C15H24N2. The zero-order valence-electron chi connectivity index (χ0n) is 11.5. The van der Waals surface area contributed by atoms with Gasteiger partial charge in [0.15, 0.2) is 0 Å². The van der Waals surface area contributed by atoms with Crippen molar-refractivity contribution >= 4 is 5.57 Å². The van der Waals surface area contributed by atoms with Crippen LogP contribution in [0, 0.1) is 12.8 Å². The fourth-order valence-electron chi connectivity index (χ4n) is 1.77. The topological polar surface area (TPSA) is 24.9 Å². The van der Waals surface area contributed by atoms with Crippen molar-refractivity contribution in [3.8, 4) is 0 Å². The molecule has 0 saturated heterocycles. The van der Waals surface area contributed by atoms with Gasteiger partial charge in [-0.1, -0.05) is 19.9 Å². The first-order valence-electron chi connectivity index (χ1n) is 6.39. The van der Waals surface area contributed by atoms with E-state index in [2.05, 4.69) is 50.1 Å². The lowest BCUT2D eigenvalue weighted by molar-refractivity contribution is 0.557. The van der Waals surface area contributed by atoms with Crippen LogP contribution in [0.5, 0.6) is 0 Å². The van der Waals surface area contributed by atoms with Gasteiger partial charge in [0, 0.05) is 12.4 Å². The van der Waals surface area contributed by atoms with Crippen molar-refractivity contribution in [2.75, 3.05) is 13.1 Å². The van der Waals surface area contributed by atoms with Crippen LogP contribution in [-0.2, 0) is 0 Å². The molecule has 1 heterocycles. The third kappa shape index (κ3) is 5.14. The molecule has 1 aromatic rings. The average Bonchev–Trinajstić information content (AvgIpc) is 2.28. The Morgan fingerprint density at radius 2 is 2.24 bits per heavy atom. The molecule has 0 aliphatic rings. The minimum Gasteiger partial charge on any atom is -0.316 e. The summed E-state index contributed by atoms with van der Waals surface area (Å²) < 4.78 is 0. The Hall–Kier alpha value is -1.15. The molecule has 1 rings (SSSR count). The van der Waals surface area contributed by atoms with Gasteiger partial charge in [-0.3, -0.25) is 4.98 Å². The second kappa shape index (κ2) is 7.23. The summed E-state index contributed by atoms with van der Waals surface area (Å²) in [6.45, 7) is 10.9. The fourth-order valence-corrected chi connectivity index (χ4v) is 1.77. The SMILES string of the molecule is CC(=CCCNCC(C)C)c1cnccc1C. The van der Waals surface area contributed by atoms with Crippen LogP contribution in [-0.4, -0.2) is 18.1 Å². The number of rotatable bonds is 6. The molecule has 2 nitrogen and oxygen atoms in total. The third-order valence-corrected chi connectivity index (χ3v) is 2.79. The molecule has 0 bridgehead atoms. The Labute approximate surface area is 105 Å². The third-order valence-electron chi connectivity index (χ3n) is 2.79. The molecule has 94 valence electrons.